The van der Waals surface area contributed by atoms with Gasteiger partial charge >= 0.3 is 0 Å². The molecule has 1 aliphatic heterocycles. The van der Waals surface area contributed by atoms with E-state index in [9.17, 15) is 9.59 Å². The van der Waals surface area contributed by atoms with Crippen LogP contribution in [0.1, 0.15) is 56.7 Å². The summed E-state index contributed by atoms with van der Waals surface area (Å²) in [6, 6.07) is 8.42. The molecular weight excluding hydrogens is 300 g/mol. The second-order valence-electron chi connectivity index (χ2n) is 7.22. The average Bonchev–Trinajstić information content (AvgIpc) is 3.46. The number of likely N-dealkylation sites (tertiary alicyclic amines) is 1. The Morgan fingerprint density at radius 2 is 1.88 bits per heavy atom. The number of benzene rings is 1. The van der Waals surface area contributed by atoms with Crippen LogP contribution in [0.4, 0.5) is 0 Å². The lowest BCUT2D eigenvalue weighted by atomic mass is 9.96. The van der Waals surface area contributed by atoms with Gasteiger partial charge in [0.1, 0.15) is 0 Å². The lowest BCUT2D eigenvalue weighted by Gasteiger charge is -2.32. The highest BCUT2D eigenvalue weighted by Crippen LogP contribution is 2.32. The zero-order chi connectivity index (χ0) is 17.1. The molecule has 0 unspecified atom stereocenters. The molecule has 2 atom stereocenters. The number of hydrogen-bond acceptors (Lipinski definition) is 2. The Kier molecular flexibility index (Phi) is 5.22. The maximum absolute atomic E-state index is 12.6. The van der Waals surface area contributed by atoms with Crippen molar-refractivity contribution >= 4 is 11.8 Å². The predicted octanol–water partition coefficient (Wildman–Crippen LogP) is 3.07. The van der Waals surface area contributed by atoms with Crippen molar-refractivity contribution < 1.29 is 9.59 Å². The summed E-state index contributed by atoms with van der Waals surface area (Å²) in [7, 11) is 0. The molecule has 1 aromatic rings. The lowest BCUT2D eigenvalue weighted by molar-refractivity contribution is -0.137. The molecule has 4 heteroatoms. The number of nitrogens with one attached hydrogen (secondary N) is 1. The molecule has 1 saturated carbocycles. The lowest BCUT2D eigenvalue weighted by Crippen LogP contribution is -2.46. The van der Waals surface area contributed by atoms with Gasteiger partial charge in [0.05, 0.1) is 12.0 Å². The quantitative estimate of drug-likeness (QED) is 0.903. The molecule has 2 amide bonds. The molecule has 0 radical (unpaired) electrons. The van der Waals surface area contributed by atoms with Gasteiger partial charge in [0.25, 0.3) is 0 Å². The van der Waals surface area contributed by atoms with Gasteiger partial charge in [-0.1, -0.05) is 31.2 Å². The Balaban J connectivity index is 1.55. The van der Waals surface area contributed by atoms with Crippen LogP contribution in [0.3, 0.4) is 0 Å². The first-order valence-electron chi connectivity index (χ1n) is 9.26. The van der Waals surface area contributed by atoms with E-state index in [0.717, 1.165) is 44.2 Å². The number of hydrogen-bond donors (Lipinski definition) is 1. The third-order valence-electron chi connectivity index (χ3n) is 5.28. The summed E-state index contributed by atoms with van der Waals surface area (Å²) in [5.74, 6) is 0.507. The summed E-state index contributed by atoms with van der Waals surface area (Å²) >= 11 is 0. The molecule has 1 aliphatic carbocycles. The maximum atomic E-state index is 12.6. The minimum Gasteiger partial charge on any atom is -0.349 e. The first-order chi connectivity index (χ1) is 11.6. The SMILES string of the molecule is CCc1ccc([C@@H](C)NC(=O)[C@@H]2CCCN(C(=O)C3CC3)C2)cc1. The summed E-state index contributed by atoms with van der Waals surface area (Å²) in [5, 5.41) is 3.13. The van der Waals surface area contributed by atoms with Crippen LogP contribution in [0, 0.1) is 11.8 Å². The molecule has 4 nitrogen and oxygen atoms in total. The van der Waals surface area contributed by atoms with Crippen molar-refractivity contribution in [2.24, 2.45) is 11.8 Å². The van der Waals surface area contributed by atoms with E-state index >= 15 is 0 Å². The van der Waals surface area contributed by atoms with Crippen LogP contribution in [-0.2, 0) is 16.0 Å². The molecule has 1 saturated heterocycles. The van der Waals surface area contributed by atoms with Crippen LogP contribution in [0.2, 0.25) is 0 Å². The van der Waals surface area contributed by atoms with E-state index in [2.05, 4.69) is 36.5 Å². The number of piperidine rings is 1. The summed E-state index contributed by atoms with van der Waals surface area (Å²) in [5.41, 5.74) is 2.43. The van der Waals surface area contributed by atoms with E-state index in [-0.39, 0.29) is 29.7 Å². The van der Waals surface area contributed by atoms with E-state index in [1.54, 1.807) is 0 Å². The first kappa shape index (κ1) is 17.0. The molecular formula is C20H28N2O2. The van der Waals surface area contributed by atoms with Gasteiger partial charge in [0.15, 0.2) is 0 Å². The normalized spacial score (nSPS) is 22.1. The highest BCUT2D eigenvalue weighted by atomic mass is 16.2. The highest BCUT2D eigenvalue weighted by Gasteiger charge is 2.36. The summed E-state index contributed by atoms with van der Waals surface area (Å²) in [6.45, 7) is 5.56. The van der Waals surface area contributed by atoms with Crippen molar-refractivity contribution in [1.82, 2.24) is 10.2 Å². The van der Waals surface area contributed by atoms with Crippen LogP contribution >= 0.6 is 0 Å². The maximum Gasteiger partial charge on any atom is 0.225 e. The second-order valence-corrected chi connectivity index (χ2v) is 7.22. The number of carbonyl (C=O) groups is 2. The van der Waals surface area contributed by atoms with Gasteiger partial charge in [0.2, 0.25) is 11.8 Å². The third kappa shape index (κ3) is 3.97. The minimum absolute atomic E-state index is 0.00193. The Morgan fingerprint density at radius 3 is 2.50 bits per heavy atom. The van der Waals surface area contributed by atoms with Gasteiger partial charge in [-0.05, 0) is 50.2 Å². The topological polar surface area (TPSA) is 49.4 Å². The largest absolute Gasteiger partial charge is 0.349 e. The molecule has 2 aliphatic rings. The predicted molar refractivity (Wildman–Crippen MR) is 94.4 cm³/mol. The molecule has 0 bridgehead atoms. The second kappa shape index (κ2) is 7.37. The summed E-state index contributed by atoms with van der Waals surface area (Å²) in [4.78, 5) is 26.7. The smallest absolute Gasteiger partial charge is 0.225 e. The van der Waals surface area contributed by atoms with Gasteiger partial charge in [0, 0.05) is 19.0 Å². The van der Waals surface area contributed by atoms with Crippen LogP contribution in [0.15, 0.2) is 24.3 Å². The van der Waals surface area contributed by atoms with Gasteiger partial charge in [-0.15, -0.1) is 0 Å². The highest BCUT2D eigenvalue weighted by molar-refractivity contribution is 5.83. The van der Waals surface area contributed by atoms with Gasteiger partial charge in [-0.3, -0.25) is 9.59 Å². The van der Waals surface area contributed by atoms with Crippen molar-refractivity contribution in [2.45, 2.75) is 52.0 Å². The molecule has 130 valence electrons. The van der Waals surface area contributed by atoms with Crippen molar-refractivity contribution in [1.29, 1.82) is 0 Å². The van der Waals surface area contributed by atoms with Crippen molar-refractivity contribution in [3.8, 4) is 0 Å². The molecule has 1 N–H and O–H groups in total. The minimum atomic E-state index is -0.0705. The fraction of sp³-hybridized carbons (Fsp3) is 0.600. The number of amides is 2. The Labute approximate surface area is 144 Å². The van der Waals surface area contributed by atoms with Crippen LogP contribution in [0.5, 0.6) is 0 Å². The zero-order valence-electron chi connectivity index (χ0n) is 14.8. The standard InChI is InChI=1S/C20H28N2O2/c1-3-15-6-8-16(9-7-15)14(2)21-19(23)18-5-4-12-22(13-18)20(24)17-10-11-17/h6-9,14,17-18H,3-5,10-13H2,1-2H3,(H,21,23)/t14-,18-/m1/s1. The van der Waals surface area contributed by atoms with Crippen LogP contribution in [-0.4, -0.2) is 29.8 Å². The van der Waals surface area contributed by atoms with Crippen molar-refractivity contribution in [3.63, 3.8) is 0 Å². The molecule has 0 aromatic heterocycles. The Bertz CT molecular complexity index is 592. The van der Waals surface area contributed by atoms with Gasteiger partial charge in [-0.25, -0.2) is 0 Å². The molecule has 24 heavy (non-hydrogen) atoms. The van der Waals surface area contributed by atoms with E-state index in [1.807, 2.05) is 11.8 Å². The Hall–Kier alpha value is -1.84. The van der Waals surface area contributed by atoms with Crippen LogP contribution in [0.25, 0.3) is 0 Å². The number of aryl methyl sites for hydroxylation is 1. The van der Waals surface area contributed by atoms with E-state index < -0.39 is 0 Å². The molecule has 3 rings (SSSR count). The van der Waals surface area contributed by atoms with Crippen molar-refractivity contribution in [2.75, 3.05) is 13.1 Å². The average molecular weight is 328 g/mol. The van der Waals surface area contributed by atoms with E-state index in [0.29, 0.717) is 6.54 Å². The molecule has 2 fully saturated rings. The summed E-state index contributed by atoms with van der Waals surface area (Å²) in [6.07, 6.45) is 4.87. The van der Waals surface area contributed by atoms with E-state index in [1.165, 1.54) is 5.56 Å². The first-order valence-corrected chi connectivity index (χ1v) is 9.26. The zero-order valence-corrected chi connectivity index (χ0v) is 14.8. The fourth-order valence-corrected chi connectivity index (χ4v) is 3.44. The monoisotopic (exact) mass is 328 g/mol. The fourth-order valence-electron chi connectivity index (χ4n) is 3.44. The van der Waals surface area contributed by atoms with Crippen LogP contribution < -0.4 is 5.32 Å². The number of nitrogens with zero attached hydrogens (tertiary/aromatic N) is 1. The molecule has 1 aromatic carbocycles. The summed E-state index contributed by atoms with van der Waals surface area (Å²) < 4.78 is 0. The molecule has 1 heterocycles. The number of rotatable bonds is 5. The van der Waals surface area contributed by atoms with Gasteiger partial charge in [-0.2, -0.15) is 0 Å². The third-order valence-corrected chi connectivity index (χ3v) is 5.28. The Morgan fingerprint density at radius 1 is 1.17 bits per heavy atom. The number of carbonyl (C=O) groups excluding carboxylic acids is 2. The van der Waals surface area contributed by atoms with Crippen molar-refractivity contribution in [3.05, 3.63) is 35.4 Å². The molecule has 0 spiro atoms. The van der Waals surface area contributed by atoms with Gasteiger partial charge < -0.3 is 10.2 Å². The van der Waals surface area contributed by atoms with E-state index in [4.69, 9.17) is 0 Å².